The first-order valence-electron chi connectivity index (χ1n) is 9.22. The molecule has 164 valence electrons. The zero-order valence-corrected chi connectivity index (χ0v) is 18.6. The third kappa shape index (κ3) is 5.70. The summed E-state index contributed by atoms with van der Waals surface area (Å²) in [5.74, 6) is 0.286. The van der Waals surface area contributed by atoms with Crippen LogP contribution in [0, 0.1) is 0 Å². The Bertz CT molecular complexity index is 1180. The van der Waals surface area contributed by atoms with Gasteiger partial charge in [-0.1, -0.05) is 18.5 Å². The lowest BCUT2D eigenvalue weighted by Gasteiger charge is -2.15. The number of methoxy groups -OCH3 is 1. The maximum absolute atomic E-state index is 12.8. The molecule has 10 nitrogen and oxygen atoms in total. The number of anilines is 2. The van der Waals surface area contributed by atoms with Gasteiger partial charge in [-0.15, -0.1) is 10.2 Å². The van der Waals surface area contributed by atoms with Crippen LogP contribution in [0.15, 0.2) is 42.5 Å². The van der Waals surface area contributed by atoms with Crippen molar-refractivity contribution in [3.05, 3.63) is 47.5 Å². The number of ether oxygens (including phenoxy) is 1. The number of aromatic nitrogens is 4. The second-order valence-electron chi connectivity index (χ2n) is 6.64. The van der Waals surface area contributed by atoms with Crippen LogP contribution in [0.5, 0.6) is 5.75 Å². The van der Waals surface area contributed by atoms with Gasteiger partial charge in [0, 0.05) is 22.3 Å². The molecule has 0 saturated carbocycles. The Labute approximate surface area is 184 Å². The molecule has 0 fully saturated rings. The van der Waals surface area contributed by atoms with Crippen molar-refractivity contribution in [3.8, 4) is 17.1 Å². The molecule has 2 N–H and O–H groups in total. The van der Waals surface area contributed by atoms with Gasteiger partial charge in [-0.2, -0.15) is 4.80 Å². The minimum Gasteiger partial charge on any atom is -0.494 e. The highest BCUT2D eigenvalue weighted by Crippen LogP contribution is 2.29. The molecule has 0 radical (unpaired) electrons. The van der Waals surface area contributed by atoms with Gasteiger partial charge in [-0.05, 0) is 48.0 Å². The van der Waals surface area contributed by atoms with Crippen molar-refractivity contribution in [2.45, 2.75) is 19.4 Å². The molecule has 1 aromatic heterocycles. The lowest BCUT2D eigenvalue weighted by molar-refractivity contribution is -0.119. The molecule has 0 aliphatic carbocycles. The highest BCUT2D eigenvalue weighted by atomic mass is 35.5. The number of halogens is 1. The minimum atomic E-state index is -3.47. The fourth-order valence-corrected chi connectivity index (χ4v) is 3.50. The number of sulfonamides is 1. The molecule has 1 amide bonds. The molecule has 0 aliphatic heterocycles. The van der Waals surface area contributed by atoms with E-state index in [-0.39, 0.29) is 17.3 Å². The standard InChI is InChI=1S/C19H21ClN6O4S/c1-4-16(26-23-18(22-25-26)12-5-7-13(20)8-6-12)19(27)21-14-9-10-15(17(11-14)30-2)24-31(3,28)29/h5-11,16,24H,4H2,1-3H3,(H,21,27). The summed E-state index contributed by atoms with van der Waals surface area (Å²) in [6, 6.07) is 10.9. The lowest BCUT2D eigenvalue weighted by atomic mass is 10.2. The number of nitrogens with zero attached hydrogens (tertiary/aromatic N) is 4. The predicted molar refractivity (Wildman–Crippen MR) is 118 cm³/mol. The number of nitrogens with one attached hydrogen (secondary N) is 2. The smallest absolute Gasteiger partial charge is 0.251 e. The number of tetrazole rings is 1. The quantitative estimate of drug-likeness (QED) is 0.524. The third-order valence-electron chi connectivity index (χ3n) is 4.26. The van der Waals surface area contributed by atoms with E-state index >= 15 is 0 Å². The number of hydrogen-bond donors (Lipinski definition) is 2. The molecule has 2 aromatic carbocycles. The Morgan fingerprint density at radius 1 is 1.23 bits per heavy atom. The number of hydrogen-bond acceptors (Lipinski definition) is 7. The molecule has 12 heteroatoms. The van der Waals surface area contributed by atoms with E-state index in [4.69, 9.17) is 16.3 Å². The van der Waals surface area contributed by atoms with E-state index in [0.29, 0.717) is 23.0 Å². The van der Waals surface area contributed by atoms with Crippen LogP contribution in [0.2, 0.25) is 5.02 Å². The van der Waals surface area contributed by atoms with E-state index < -0.39 is 16.1 Å². The molecule has 3 rings (SSSR count). The average Bonchev–Trinajstić information content (AvgIpc) is 3.19. The molecule has 0 spiro atoms. The number of amides is 1. The van der Waals surface area contributed by atoms with Crippen molar-refractivity contribution < 1.29 is 17.9 Å². The number of carbonyl (C=O) groups excluding carboxylic acids is 1. The van der Waals surface area contributed by atoms with Gasteiger partial charge < -0.3 is 10.1 Å². The van der Waals surface area contributed by atoms with E-state index in [1.54, 1.807) is 30.3 Å². The summed E-state index contributed by atoms with van der Waals surface area (Å²) < 4.78 is 30.5. The van der Waals surface area contributed by atoms with Crippen LogP contribution in [-0.2, 0) is 14.8 Å². The summed E-state index contributed by atoms with van der Waals surface area (Å²) in [7, 11) is -2.07. The molecule has 1 unspecified atom stereocenters. The highest BCUT2D eigenvalue weighted by Gasteiger charge is 2.22. The molecule has 1 heterocycles. The van der Waals surface area contributed by atoms with Crippen LogP contribution in [0.1, 0.15) is 19.4 Å². The van der Waals surface area contributed by atoms with E-state index in [0.717, 1.165) is 11.8 Å². The van der Waals surface area contributed by atoms with Crippen LogP contribution in [0.25, 0.3) is 11.4 Å². The summed E-state index contributed by atoms with van der Waals surface area (Å²) in [6.45, 7) is 1.83. The van der Waals surface area contributed by atoms with E-state index in [1.165, 1.54) is 24.0 Å². The van der Waals surface area contributed by atoms with Crippen LogP contribution in [-0.4, -0.2) is 47.9 Å². The van der Waals surface area contributed by atoms with Crippen molar-refractivity contribution in [2.24, 2.45) is 0 Å². The van der Waals surface area contributed by atoms with Crippen molar-refractivity contribution >= 4 is 38.9 Å². The molecular weight excluding hydrogens is 444 g/mol. The topological polar surface area (TPSA) is 128 Å². The van der Waals surface area contributed by atoms with Gasteiger partial charge in [0.15, 0.2) is 6.04 Å². The van der Waals surface area contributed by atoms with Crippen LogP contribution < -0.4 is 14.8 Å². The fraction of sp³-hybridized carbons (Fsp3) is 0.263. The van der Waals surface area contributed by atoms with Crippen LogP contribution in [0.3, 0.4) is 0 Å². The molecular formula is C19H21ClN6O4S. The van der Waals surface area contributed by atoms with Gasteiger partial charge in [-0.25, -0.2) is 8.42 Å². The van der Waals surface area contributed by atoms with Crippen LogP contribution >= 0.6 is 11.6 Å². The van der Waals surface area contributed by atoms with Crippen molar-refractivity contribution in [1.82, 2.24) is 20.2 Å². The molecule has 31 heavy (non-hydrogen) atoms. The first-order chi connectivity index (χ1) is 14.7. The highest BCUT2D eigenvalue weighted by molar-refractivity contribution is 7.92. The van der Waals surface area contributed by atoms with E-state index in [9.17, 15) is 13.2 Å². The van der Waals surface area contributed by atoms with Crippen molar-refractivity contribution in [3.63, 3.8) is 0 Å². The molecule has 0 aliphatic rings. The first kappa shape index (κ1) is 22.5. The van der Waals surface area contributed by atoms with Gasteiger partial charge in [0.1, 0.15) is 5.75 Å². The Balaban J connectivity index is 1.78. The average molecular weight is 465 g/mol. The zero-order valence-electron chi connectivity index (χ0n) is 17.0. The van der Waals surface area contributed by atoms with Gasteiger partial charge in [0.05, 0.1) is 19.1 Å². The summed E-state index contributed by atoms with van der Waals surface area (Å²) in [6.07, 6.45) is 1.46. The summed E-state index contributed by atoms with van der Waals surface area (Å²) in [5, 5.41) is 15.7. The normalized spacial score (nSPS) is 12.3. The third-order valence-corrected chi connectivity index (χ3v) is 5.11. The Hall–Kier alpha value is -3.18. The Morgan fingerprint density at radius 3 is 2.55 bits per heavy atom. The van der Waals surface area contributed by atoms with E-state index in [1.807, 2.05) is 6.92 Å². The second kappa shape index (κ2) is 9.31. The number of benzene rings is 2. The second-order valence-corrected chi connectivity index (χ2v) is 8.83. The summed E-state index contributed by atoms with van der Waals surface area (Å²) >= 11 is 5.90. The Morgan fingerprint density at radius 2 is 1.94 bits per heavy atom. The summed E-state index contributed by atoms with van der Waals surface area (Å²) in [4.78, 5) is 14.1. The number of rotatable bonds is 8. The predicted octanol–water partition coefficient (Wildman–Crippen LogP) is 2.96. The van der Waals surface area contributed by atoms with Crippen LogP contribution in [0.4, 0.5) is 11.4 Å². The van der Waals surface area contributed by atoms with Gasteiger partial charge >= 0.3 is 0 Å². The van der Waals surface area contributed by atoms with Gasteiger partial charge in [-0.3, -0.25) is 9.52 Å². The number of carbonyl (C=O) groups is 1. The lowest BCUT2D eigenvalue weighted by Crippen LogP contribution is -2.27. The maximum Gasteiger partial charge on any atom is 0.251 e. The maximum atomic E-state index is 12.8. The zero-order chi connectivity index (χ0) is 22.6. The monoisotopic (exact) mass is 464 g/mol. The SMILES string of the molecule is CCC(C(=O)Nc1ccc(NS(C)(=O)=O)c(OC)c1)n1nnc(-c2ccc(Cl)cc2)n1. The van der Waals surface area contributed by atoms with Gasteiger partial charge in [0.25, 0.3) is 5.91 Å². The Kier molecular flexibility index (Phi) is 6.76. The fourth-order valence-electron chi connectivity index (χ4n) is 2.80. The molecule has 3 aromatic rings. The first-order valence-corrected chi connectivity index (χ1v) is 11.5. The summed E-state index contributed by atoms with van der Waals surface area (Å²) in [5.41, 5.74) is 1.42. The van der Waals surface area contributed by atoms with Crippen molar-refractivity contribution in [2.75, 3.05) is 23.4 Å². The largest absolute Gasteiger partial charge is 0.494 e. The van der Waals surface area contributed by atoms with Crippen molar-refractivity contribution in [1.29, 1.82) is 0 Å². The minimum absolute atomic E-state index is 0.264. The van der Waals surface area contributed by atoms with Gasteiger partial charge in [0.2, 0.25) is 15.8 Å². The molecule has 0 saturated heterocycles. The van der Waals surface area contributed by atoms with E-state index in [2.05, 4.69) is 25.4 Å². The molecule has 1 atom stereocenters. The molecule has 0 bridgehead atoms.